The van der Waals surface area contributed by atoms with E-state index in [2.05, 4.69) is 35.6 Å². The van der Waals surface area contributed by atoms with Crippen molar-refractivity contribution >= 4 is 24.2 Å². The van der Waals surface area contributed by atoms with E-state index >= 15 is 0 Å². The number of rotatable bonds is 8. The standard InChI is InChI=1S/C22H21F5N4O2.C4H11N.C2H6O/c23-16-9-19(26)17(24)6-13(16)5-15(28)8-22(33)30-2-3-31(12-29-1-4-32)21-10-20(27)18(25)7-14(21)11-30;1-4-5(2)3;1-3-2/h4,6-7,9-10,12,15H,1-3,5,8,11,28H2;4H2,1-3H3;1-2H3. The molecule has 1 amide bonds. The number of hydrogen-bond donors (Lipinski definition) is 1. The summed E-state index contributed by atoms with van der Waals surface area (Å²) in [6, 6.07) is 2.19. The number of nitrogens with zero attached hydrogens (tertiary/aromatic N) is 4. The second-order valence-electron chi connectivity index (χ2n) is 9.38. The van der Waals surface area contributed by atoms with Crippen molar-refractivity contribution in [3.8, 4) is 0 Å². The molecule has 2 aromatic carbocycles. The summed E-state index contributed by atoms with van der Waals surface area (Å²) in [4.78, 5) is 32.3. The number of anilines is 1. The van der Waals surface area contributed by atoms with Crippen LogP contribution in [0.5, 0.6) is 0 Å². The summed E-state index contributed by atoms with van der Waals surface area (Å²) in [5, 5.41) is 0. The molecular formula is C28H38F5N5O3. The lowest BCUT2D eigenvalue weighted by Gasteiger charge is -2.23. The molecule has 0 aliphatic carbocycles. The molecule has 2 aromatic rings. The second-order valence-corrected chi connectivity index (χ2v) is 9.38. The lowest BCUT2D eigenvalue weighted by atomic mass is 10.0. The number of aldehydes is 1. The van der Waals surface area contributed by atoms with Crippen LogP contribution in [0.25, 0.3) is 0 Å². The van der Waals surface area contributed by atoms with E-state index in [0.29, 0.717) is 29.7 Å². The molecule has 0 radical (unpaired) electrons. The van der Waals surface area contributed by atoms with Gasteiger partial charge in [0.05, 0.1) is 12.9 Å². The zero-order chi connectivity index (χ0) is 31.1. The summed E-state index contributed by atoms with van der Waals surface area (Å²) < 4.78 is 72.3. The van der Waals surface area contributed by atoms with Crippen LogP contribution in [0, 0.1) is 29.1 Å². The minimum absolute atomic E-state index is 0.0460. The topological polar surface area (TPSA) is 91.5 Å². The molecular weight excluding hydrogens is 549 g/mol. The summed E-state index contributed by atoms with van der Waals surface area (Å²) >= 11 is 0. The van der Waals surface area contributed by atoms with Gasteiger partial charge >= 0.3 is 0 Å². The van der Waals surface area contributed by atoms with E-state index in [9.17, 15) is 31.5 Å². The first-order valence-corrected chi connectivity index (χ1v) is 12.8. The lowest BCUT2D eigenvalue weighted by molar-refractivity contribution is -0.132. The van der Waals surface area contributed by atoms with Gasteiger partial charge in [0, 0.05) is 64.1 Å². The Morgan fingerprint density at radius 3 is 2.17 bits per heavy atom. The predicted octanol–water partition coefficient (Wildman–Crippen LogP) is 3.55. The van der Waals surface area contributed by atoms with E-state index in [1.165, 1.54) is 16.1 Å². The Labute approximate surface area is 237 Å². The van der Waals surface area contributed by atoms with Crippen LogP contribution in [0.15, 0.2) is 29.3 Å². The van der Waals surface area contributed by atoms with Gasteiger partial charge in [-0.2, -0.15) is 0 Å². The van der Waals surface area contributed by atoms with E-state index < -0.39 is 41.0 Å². The minimum atomic E-state index is -1.32. The number of halogens is 5. The molecule has 1 aliphatic heterocycles. The number of carbonyl (C=O) groups excluding carboxylic acids is 2. The molecule has 3 rings (SSSR count). The molecule has 0 saturated carbocycles. The predicted molar refractivity (Wildman–Crippen MR) is 148 cm³/mol. The van der Waals surface area contributed by atoms with E-state index in [0.717, 1.165) is 18.7 Å². The Kier molecular flexibility index (Phi) is 15.7. The van der Waals surface area contributed by atoms with Gasteiger partial charge < -0.3 is 30.0 Å². The van der Waals surface area contributed by atoms with Gasteiger partial charge in [-0.3, -0.25) is 9.79 Å². The average Bonchev–Trinajstić information content (AvgIpc) is 3.08. The number of methoxy groups -OCH3 is 1. The average molecular weight is 588 g/mol. The van der Waals surface area contributed by atoms with Gasteiger partial charge in [-0.1, -0.05) is 6.92 Å². The Morgan fingerprint density at radius 2 is 1.59 bits per heavy atom. The van der Waals surface area contributed by atoms with Crippen LogP contribution in [0.2, 0.25) is 0 Å². The third-order valence-corrected chi connectivity index (χ3v) is 5.80. The van der Waals surface area contributed by atoms with Gasteiger partial charge in [-0.05, 0) is 50.3 Å². The van der Waals surface area contributed by atoms with Crippen LogP contribution in [0.3, 0.4) is 0 Å². The van der Waals surface area contributed by atoms with Crippen LogP contribution in [-0.2, 0) is 27.3 Å². The maximum Gasteiger partial charge on any atom is 0.224 e. The van der Waals surface area contributed by atoms with Gasteiger partial charge in [0.2, 0.25) is 5.91 Å². The van der Waals surface area contributed by atoms with E-state index in [-0.39, 0.29) is 44.6 Å². The smallest absolute Gasteiger partial charge is 0.224 e. The first-order valence-electron chi connectivity index (χ1n) is 12.8. The summed E-state index contributed by atoms with van der Waals surface area (Å²) in [5.74, 6) is -6.11. The Balaban J connectivity index is 0.000000930. The van der Waals surface area contributed by atoms with Crippen LogP contribution in [0.4, 0.5) is 27.6 Å². The SMILES string of the molecule is CCN(C)C.COC.NC(CC(=O)N1CCN(C=NCC=O)c2cc(F)c(F)cc2C1)Cc1cc(F)c(F)cc1F. The fourth-order valence-electron chi connectivity index (χ4n) is 3.55. The summed E-state index contributed by atoms with van der Waals surface area (Å²) in [5.41, 5.74) is 6.41. The number of nitrogens with two attached hydrogens (primary N) is 1. The molecule has 1 aliphatic rings. The minimum Gasteiger partial charge on any atom is -0.388 e. The monoisotopic (exact) mass is 587 g/mol. The zero-order valence-corrected chi connectivity index (χ0v) is 24.0. The van der Waals surface area contributed by atoms with E-state index in [1.807, 2.05) is 0 Å². The number of benzene rings is 2. The fourth-order valence-corrected chi connectivity index (χ4v) is 3.55. The first kappa shape index (κ1) is 35.6. The summed E-state index contributed by atoms with van der Waals surface area (Å²) in [7, 11) is 7.36. The highest BCUT2D eigenvalue weighted by atomic mass is 19.2. The van der Waals surface area contributed by atoms with Crippen LogP contribution in [0.1, 0.15) is 24.5 Å². The molecule has 1 unspecified atom stereocenters. The van der Waals surface area contributed by atoms with Crippen molar-refractivity contribution in [2.75, 3.05) is 59.4 Å². The fraction of sp³-hybridized carbons (Fsp3) is 0.464. The number of hydrogen-bond acceptors (Lipinski definition) is 6. The zero-order valence-electron chi connectivity index (χ0n) is 24.0. The van der Waals surface area contributed by atoms with Crippen LogP contribution >= 0.6 is 0 Å². The highest BCUT2D eigenvalue weighted by Gasteiger charge is 2.26. The van der Waals surface area contributed by atoms with Gasteiger partial charge in [-0.25, -0.2) is 22.0 Å². The third kappa shape index (κ3) is 11.9. The molecule has 1 atom stereocenters. The molecule has 13 heteroatoms. The lowest BCUT2D eigenvalue weighted by Crippen LogP contribution is -2.38. The van der Waals surface area contributed by atoms with Gasteiger partial charge in [-0.15, -0.1) is 0 Å². The quantitative estimate of drug-likeness (QED) is 0.167. The number of amides is 1. The van der Waals surface area contributed by atoms with Gasteiger partial charge in [0.25, 0.3) is 0 Å². The van der Waals surface area contributed by atoms with Crippen molar-refractivity contribution in [3.05, 3.63) is 64.5 Å². The van der Waals surface area contributed by atoms with Crippen molar-refractivity contribution in [2.24, 2.45) is 10.7 Å². The van der Waals surface area contributed by atoms with Crippen LogP contribution in [-0.4, -0.2) is 88.9 Å². The molecule has 8 nitrogen and oxygen atoms in total. The van der Waals surface area contributed by atoms with Crippen molar-refractivity contribution in [1.29, 1.82) is 0 Å². The molecule has 0 spiro atoms. The number of fused-ring (bicyclic) bond motifs is 1. The van der Waals surface area contributed by atoms with Gasteiger partial charge in [0.1, 0.15) is 12.1 Å². The highest BCUT2D eigenvalue weighted by molar-refractivity contribution is 5.83. The van der Waals surface area contributed by atoms with E-state index in [1.54, 1.807) is 14.2 Å². The highest BCUT2D eigenvalue weighted by Crippen LogP contribution is 2.27. The Morgan fingerprint density at radius 1 is 1.02 bits per heavy atom. The largest absolute Gasteiger partial charge is 0.388 e. The Hall–Kier alpha value is -3.42. The molecule has 0 fully saturated rings. The summed E-state index contributed by atoms with van der Waals surface area (Å²) in [6.45, 7) is 3.43. The molecule has 0 aromatic heterocycles. The molecule has 0 bridgehead atoms. The Bertz CT molecular complexity index is 1170. The number of aliphatic imine (C=N–C) groups is 1. The summed E-state index contributed by atoms with van der Waals surface area (Å²) in [6.07, 6.45) is 1.45. The van der Waals surface area contributed by atoms with Crippen molar-refractivity contribution in [3.63, 3.8) is 0 Å². The molecule has 0 saturated heterocycles. The maximum absolute atomic E-state index is 13.9. The third-order valence-electron chi connectivity index (χ3n) is 5.80. The first-order chi connectivity index (χ1) is 19.4. The molecule has 2 N–H and O–H groups in total. The number of ether oxygens (including phenoxy) is 1. The van der Waals surface area contributed by atoms with Crippen LogP contribution < -0.4 is 10.6 Å². The number of carbonyl (C=O) groups is 2. The second kappa shape index (κ2) is 18.1. The van der Waals surface area contributed by atoms with Gasteiger partial charge in [0.15, 0.2) is 23.3 Å². The van der Waals surface area contributed by atoms with Crippen molar-refractivity contribution < 1.29 is 36.3 Å². The normalized spacial score (nSPS) is 13.6. The molecule has 228 valence electrons. The van der Waals surface area contributed by atoms with Crippen molar-refractivity contribution in [1.82, 2.24) is 9.80 Å². The molecule has 1 heterocycles. The van der Waals surface area contributed by atoms with E-state index in [4.69, 9.17) is 5.73 Å². The molecule has 41 heavy (non-hydrogen) atoms. The maximum atomic E-state index is 13.9. The van der Waals surface area contributed by atoms with Crippen molar-refractivity contribution in [2.45, 2.75) is 32.4 Å².